The molecule has 0 saturated carbocycles. The Balaban J connectivity index is 1.36. The number of ether oxygens (including phenoxy) is 2. The molecule has 0 aliphatic carbocycles. The molecule has 0 amide bonds. The predicted molar refractivity (Wildman–Crippen MR) is 79.2 cm³/mol. The summed E-state index contributed by atoms with van der Waals surface area (Å²) in [4.78, 5) is 4.56. The summed E-state index contributed by atoms with van der Waals surface area (Å²) in [5, 5.41) is 3.39. The number of nitrogens with one attached hydrogen (secondary N) is 1. The van der Waals surface area contributed by atoms with Crippen LogP contribution in [-0.2, 0) is 16.1 Å². The highest BCUT2D eigenvalue weighted by atomic mass is 16.6. The lowest BCUT2D eigenvalue weighted by Gasteiger charge is -2.32. The van der Waals surface area contributed by atoms with Crippen LogP contribution in [0.15, 0.2) is 30.6 Å². The lowest BCUT2D eigenvalue weighted by atomic mass is 9.89. The van der Waals surface area contributed by atoms with Gasteiger partial charge in [0, 0.05) is 18.8 Å². The number of piperidine rings is 1. The molecular formula is C16H21N3O2. The third kappa shape index (κ3) is 2.69. The first-order valence-electron chi connectivity index (χ1n) is 7.72. The number of hydrogen-bond acceptors (Lipinski definition) is 4. The van der Waals surface area contributed by atoms with Crippen LogP contribution in [0.4, 0.5) is 0 Å². The van der Waals surface area contributed by atoms with Crippen LogP contribution >= 0.6 is 0 Å². The fraction of sp³-hybridized carbons (Fsp3) is 0.562. The van der Waals surface area contributed by atoms with Crippen molar-refractivity contribution in [3.63, 3.8) is 0 Å². The summed E-state index contributed by atoms with van der Waals surface area (Å²) in [6, 6.07) is 6.01. The van der Waals surface area contributed by atoms with Crippen molar-refractivity contribution < 1.29 is 9.47 Å². The molecule has 0 radical (unpaired) electrons. The van der Waals surface area contributed by atoms with Gasteiger partial charge in [0.05, 0.1) is 30.6 Å². The number of nitrogens with zero attached hydrogens (tertiary/aromatic N) is 2. The van der Waals surface area contributed by atoms with Gasteiger partial charge in [-0.3, -0.25) is 0 Å². The lowest BCUT2D eigenvalue weighted by Crippen LogP contribution is -2.41. The fourth-order valence-corrected chi connectivity index (χ4v) is 3.40. The van der Waals surface area contributed by atoms with Crippen LogP contribution in [0.5, 0.6) is 0 Å². The van der Waals surface area contributed by atoms with Gasteiger partial charge in [-0.2, -0.15) is 0 Å². The van der Waals surface area contributed by atoms with Crippen LogP contribution in [0.3, 0.4) is 0 Å². The molecule has 2 aliphatic heterocycles. The van der Waals surface area contributed by atoms with Crippen LogP contribution < -0.4 is 5.32 Å². The summed E-state index contributed by atoms with van der Waals surface area (Å²) in [5.41, 5.74) is 2.01. The topological polar surface area (TPSA) is 47.8 Å². The third-order valence-corrected chi connectivity index (χ3v) is 4.57. The minimum absolute atomic E-state index is 0.0643. The van der Waals surface area contributed by atoms with Crippen molar-refractivity contribution in [2.45, 2.75) is 37.6 Å². The maximum absolute atomic E-state index is 6.05. The zero-order chi connectivity index (χ0) is 14.1. The number of pyridine rings is 1. The average Bonchev–Trinajstić information content (AvgIpc) is 3.10. The Bertz CT molecular complexity index is 586. The summed E-state index contributed by atoms with van der Waals surface area (Å²) in [6.45, 7) is 3.38. The first-order valence-corrected chi connectivity index (χ1v) is 7.72. The van der Waals surface area contributed by atoms with E-state index in [1.807, 2.05) is 35.0 Å². The van der Waals surface area contributed by atoms with Crippen LogP contribution in [0.25, 0.3) is 5.65 Å². The average molecular weight is 287 g/mol. The van der Waals surface area contributed by atoms with Crippen molar-refractivity contribution in [3.8, 4) is 0 Å². The van der Waals surface area contributed by atoms with Crippen molar-refractivity contribution >= 4 is 5.65 Å². The van der Waals surface area contributed by atoms with E-state index in [4.69, 9.17) is 9.47 Å². The Morgan fingerprint density at radius 3 is 3.14 bits per heavy atom. The molecule has 2 fully saturated rings. The third-order valence-electron chi connectivity index (χ3n) is 4.57. The van der Waals surface area contributed by atoms with Crippen molar-refractivity contribution in [3.05, 3.63) is 36.3 Å². The monoisotopic (exact) mass is 287 g/mol. The second-order valence-corrected chi connectivity index (χ2v) is 6.08. The number of imidazole rings is 1. The standard InChI is InChI=1S/C16H21N3O2/c1-2-8-19-10-13(18-15(19)3-1)11-20-14-9-16(21-12-14)4-6-17-7-5-16/h1-3,8,10,14,17H,4-7,9,11-12H2. The van der Waals surface area contributed by atoms with Crippen molar-refractivity contribution in [1.82, 2.24) is 14.7 Å². The van der Waals surface area contributed by atoms with Crippen molar-refractivity contribution in [2.24, 2.45) is 0 Å². The quantitative estimate of drug-likeness (QED) is 0.934. The van der Waals surface area contributed by atoms with Gasteiger partial charge in [-0.25, -0.2) is 4.98 Å². The molecule has 1 N–H and O–H groups in total. The maximum Gasteiger partial charge on any atom is 0.137 e. The Hall–Kier alpha value is -1.43. The van der Waals surface area contributed by atoms with Crippen LogP contribution in [-0.4, -0.2) is 40.8 Å². The van der Waals surface area contributed by atoms with Gasteiger partial charge in [0.1, 0.15) is 5.65 Å². The summed E-state index contributed by atoms with van der Waals surface area (Å²) in [7, 11) is 0. The van der Waals surface area contributed by atoms with Gasteiger partial charge in [0.25, 0.3) is 0 Å². The van der Waals surface area contributed by atoms with Gasteiger partial charge in [0.2, 0.25) is 0 Å². The SMILES string of the molecule is c1ccn2cc(COC3COC4(CCNCC4)C3)nc2c1. The molecular weight excluding hydrogens is 266 g/mol. The van der Waals surface area contributed by atoms with Gasteiger partial charge < -0.3 is 19.2 Å². The molecule has 1 unspecified atom stereocenters. The van der Waals surface area contributed by atoms with Crippen LogP contribution in [0.2, 0.25) is 0 Å². The number of fused-ring (bicyclic) bond motifs is 1. The molecule has 0 aromatic carbocycles. The molecule has 5 heteroatoms. The van der Waals surface area contributed by atoms with E-state index in [0.717, 1.165) is 43.7 Å². The highest BCUT2D eigenvalue weighted by Gasteiger charge is 2.41. The zero-order valence-electron chi connectivity index (χ0n) is 12.1. The molecule has 4 heterocycles. The highest BCUT2D eigenvalue weighted by molar-refractivity contribution is 5.39. The highest BCUT2D eigenvalue weighted by Crippen LogP contribution is 2.35. The molecule has 2 aromatic rings. The van der Waals surface area contributed by atoms with Crippen LogP contribution in [0.1, 0.15) is 25.0 Å². The number of hydrogen-bond donors (Lipinski definition) is 1. The van der Waals surface area contributed by atoms with Gasteiger partial charge >= 0.3 is 0 Å². The molecule has 112 valence electrons. The van der Waals surface area contributed by atoms with E-state index in [-0.39, 0.29) is 11.7 Å². The van der Waals surface area contributed by atoms with Crippen LogP contribution in [0, 0.1) is 0 Å². The van der Waals surface area contributed by atoms with Gasteiger partial charge in [-0.1, -0.05) is 6.07 Å². The minimum atomic E-state index is 0.0643. The summed E-state index contributed by atoms with van der Waals surface area (Å²) >= 11 is 0. The van der Waals surface area contributed by atoms with E-state index in [1.165, 1.54) is 0 Å². The first-order chi connectivity index (χ1) is 10.3. The Morgan fingerprint density at radius 2 is 2.29 bits per heavy atom. The van der Waals surface area contributed by atoms with Gasteiger partial charge in [-0.05, 0) is 38.1 Å². The van der Waals surface area contributed by atoms with E-state index >= 15 is 0 Å². The molecule has 1 spiro atoms. The molecule has 4 rings (SSSR count). The summed E-state index contributed by atoms with van der Waals surface area (Å²) in [5.74, 6) is 0. The molecule has 0 bridgehead atoms. The fourth-order valence-electron chi connectivity index (χ4n) is 3.40. The molecule has 21 heavy (non-hydrogen) atoms. The largest absolute Gasteiger partial charge is 0.372 e. The molecule has 2 aromatic heterocycles. The molecule has 5 nitrogen and oxygen atoms in total. The Kier molecular flexibility index (Phi) is 3.41. The molecule has 2 saturated heterocycles. The lowest BCUT2D eigenvalue weighted by molar-refractivity contribution is -0.0241. The van der Waals surface area contributed by atoms with E-state index in [0.29, 0.717) is 13.2 Å². The Morgan fingerprint density at radius 1 is 1.38 bits per heavy atom. The van der Waals surface area contributed by atoms with Crippen molar-refractivity contribution in [2.75, 3.05) is 19.7 Å². The second kappa shape index (κ2) is 5.40. The first kappa shape index (κ1) is 13.2. The predicted octanol–water partition coefficient (Wildman–Crippen LogP) is 1.76. The second-order valence-electron chi connectivity index (χ2n) is 6.08. The maximum atomic E-state index is 6.05. The summed E-state index contributed by atoms with van der Waals surface area (Å²) < 4.78 is 14.1. The molecule has 1 atom stereocenters. The minimum Gasteiger partial charge on any atom is -0.372 e. The van der Waals surface area contributed by atoms with E-state index < -0.39 is 0 Å². The van der Waals surface area contributed by atoms with Crippen molar-refractivity contribution in [1.29, 1.82) is 0 Å². The van der Waals surface area contributed by atoms with Gasteiger partial charge in [0.15, 0.2) is 0 Å². The van der Waals surface area contributed by atoms with E-state index in [9.17, 15) is 0 Å². The van der Waals surface area contributed by atoms with E-state index in [2.05, 4.69) is 10.3 Å². The Labute approximate surface area is 124 Å². The number of rotatable bonds is 3. The zero-order valence-corrected chi connectivity index (χ0v) is 12.1. The number of aromatic nitrogens is 2. The molecule has 2 aliphatic rings. The van der Waals surface area contributed by atoms with E-state index in [1.54, 1.807) is 0 Å². The summed E-state index contributed by atoms with van der Waals surface area (Å²) in [6.07, 6.45) is 7.46. The smallest absolute Gasteiger partial charge is 0.137 e. The normalized spacial score (nSPS) is 24.9. The van der Waals surface area contributed by atoms with Gasteiger partial charge in [-0.15, -0.1) is 0 Å².